The van der Waals surface area contributed by atoms with Crippen LogP contribution in [0.2, 0.25) is 5.02 Å². The molecule has 41 heavy (non-hydrogen) atoms. The van der Waals surface area contributed by atoms with E-state index in [-0.39, 0.29) is 11.3 Å². The molecule has 10 heteroatoms. The molecule has 1 spiro atoms. The van der Waals surface area contributed by atoms with E-state index in [1.807, 2.05) is 37.4 Å². The largest absolute Gasteiger partial charge is 0.465 e. The summed E-state index contributed by atoms with van der Waals surface area (Å²) >= 11 is 6.47. The fourth-order valence-electron chi connectivity index (χ4n) is 6.93. The molecule has 4 aromatic rings. The van der Waals surface area contributed by atoms with Crippen LogP contribution >= 0.6 is 11.6 Å². The molecule has 2 saturated heterocycles. The van der Waals surface area contributed by atoms with Gasteiger partial charge in [-0.25, -0.2) is 9.69 Å². The first-order chi connectivity index (χ1) is 19.8. The van der Waals surface area contributed by atoms with Gasteiger partial charge in [-0.1, -0.05) is 41.9 Å². The summed E-state index contributed by atoms with van der Waals surface area (Å²) in [6.45, 7) is 1.83. The molecule has 0 bridgehead atoms. The molecule has 4 heterocycles. The Hall–Kier alpha value is -4.47. The molecule has 0 saturated carbocycles. The number of rotatable bonds is 4. The molecule has 206 valence electrons. The van der Waals surface area contributed by atoms with Crippen LogP contribution in [0.5, 0.6) is 0 Å². The number of para-hydroxylation sites is 2. The van der Waals surface area contributed by atoms with Gasteiger partial charge in [0, 0.05) is 39.4 Å². The third kappa shape index (κ3) is 3.45. The molecule has 2 fully saturated rings. The molecular weight excluding hydrogens is 544 g/mol. The van der Waals surface area contributed by atoms with E-state index in [9.17, 15) is 19.2 Å². The van der Waals surface area contributed by atoms with Crippen LogP contribution in [-0.4, -0.2) is 41.8 Å². The topological polar surface area (TPSA) is 121 Å². The number of aromatic nitrogens is 1. The first-order valence-corrected chi connectivity index (χ1v) is 13.6. The quantitative estimate of drug-likeness (QED) is 0.252. The van der Waals surface area contributed by atoms with E-state index >= 15 is 0 Å². The van der Waals surface area contributed by atoms with Crippen LogP contribution < -0.4 is 15.5 Å². The van der Waals surface area contributed by atoms with Gasteiger partial charge in [-0.3, -0.25) is 19.7 Å². The monoisotopic (exact) mass is 568 g/mol. The summed E-state index contributed by atoms with van der Waals surface area (Å²) in [6.07, 6.45) is 2.27. The lowest BCUT2D eigenvalue weighted by molar-refractivity contribution is -0.130. The minimum absolute atomic E-state index is 0.0852. The minimum Gasteiger partial charge on any atom is -0.465 e. The summed E-state index contributed by atoms with van der Waals surface area (Å²) in [6, 6.07) is 17.0. The molecular formula is C31H25ClN4O5. The van der Waals surface area contributed by atoms with Gasteiger partial charge < -0.3 is 15.0 Å². The molecule has 3 aliphatic heterocycles. The Kier molecular flexibility index (Phi) is 5.61. The number of benzene rings is 3. The molecule has 9 nitrogen and oxygen atoms in total. The summed E-state index contributed by atoms with van der Waals surface area (Å²) < 4.78 is 4.93. The number of H-pyrrole nitrogens is 1. The second-order valence-corrected chi connectivity index (χ2v) is 11.2. The Morgan fingerprint density at radius 1 is 1.05 bits per heavy atom. The number of imide groups is 1. The normalized spacial score (nSPS) is 24.7. The molecule has 0 unspecified atom stereocenters. The molecule has 3 N–H and O–H groups in total. The lowest BCUT2D eigenvalue weighted by atomic mass is 9.76. The Labute approximate surface area is 239 Å². The van der Waals surface area contributed by atoms with Crippen molar-refractivity contribution in [1.82, 2.24) is 10.3 Å². The minimum atomic E-state index is -1.53. The summed E-state index contributed by atoms with van der Waals surface area (Å²) in [5, 5.41) is 7.83. The zero-order valence-electron chi connectivity index (χ0n) is 22.2. The number of aromatic amines is 1. The van der Waals surface area contributed by atoms with Gasteiger partial charge in [0.2, 0.25) is 17.7 Å². The molecule has 3 aliphatic rings. The summed E-state index contributed by atoms with van der Waals surface area (Å²) in [5.74, 6) is -4.10. The number of esters is 1. The van der Waals surface area contributed by atoms with E-state index in [4.69, 9.17) is 16.3 Å². The number of ether oxygens (including phenoxy) is 1. The first kappa shape index (κ1) is 25.5. The van der Waals surface area contributed by atoms with Crippen LogP contribution in [-0.2, 0) is 31.1 Å². The third-order valence-electron chi connectivity index (χ3n) is 8.65. The molecule has 1 aromatic heterocycles. The number of fused-ring (bicyclic) bond motifs is 5. The molecule has 0 aliphatic carbocycles. The van der Waals surface area contributed by atoms with E-state index in [1.165, 1.54) is 13.2 Å². The van der Waals surface area contributed by atoms with E-state index in [0.29, 0.717) is 22.7 Å². The zero-order valence-corrected chi connectivity index (χ0v) is 22.9. The van der Waals surface area contributed by atoms with Crippen molar-refractivity contribution < 1.29 is 23.9 Å². The lowest BCUT2D eigenvalue weighted by Crippen LogP contribution is -2.53. The number of carbonyl (C=O) groups excluding carboxylic acids is 4. The van der Waals surface area contributed by atoms with Crippen LogP contribution in [0.3, 0.4) is 0 Å². The number of carbonyl (C=O) groups is 4. The van der Waals surface area contributed by atoms with Gasteiger partial charge in [0.1, 0.15) is 5.54 Å². The number of amides is 3. The second-order valence-electron chi connectivity index (χ2n) is 10.7. The molecule has 0 radical (unpaired) electrons. The fourth-order valence-corrected chi connectivity index (χ4v) is 7.21. The van der Waals surface area contributed by atoms with Gasteiger partial charge in [0.05, 0.1) is 30.2 Å². The van der Waals surface area contributed by atoms with E-state index in [1.54, 1.807) is 30.3 Å². The maximum absolute atomic E-state index is 14.4. The smallest absolute Gasteiger partial charge is 0.339 e. The average molecular weight is 569 g/mol. The Morgan fingerprint density at radius 3 is 2.61 bits per heavy atom. The van der Waals surface area contributed by atoms with E-state index in [2.05, 4.69) is 15.6 Å². The molecule has 7 rings (SSSR count). The van der Waals surface area contributed by atoms with Crippen LogP contribution in [0, 0.1) is 18.8 Å². The number of anilines is 2. The Balaban J connectivity index is 1.41. The van der Waals surface area contributed by atoms with Crippen LogP contribution in [0.25, 0.3) is 10.9 Å². The summed E-state index contributed by atoms with van der Waals surface area (Å²) in [4.78, 5) is 59.6. The predicted molar refractivity (Wildman–Crippen MR) is 153 cm³/mol. The number of nitrogens with one attached hydrogen (secondary N) is 3. The highest BCUT2D eigenvalue weighted by Crippen LogP contribution is 2.55. The third-order valence-corrected chi connectivity index (χ3v) is 8.87. The number of hydrogen-bond donors (Lipinski definition) is 3. The predicted octanol–water partition coefficient (Wildman–Crippen LogP) is 4.08. The highest BCUT2D eigenvalue weighted by atomic mass is 35.5. The number of nitrogens with zero attached hydrogens (tertiary/aromatic N) is 1. The van der Waals surface area contributed by atoms with Crippen LogP contribution in [0.4, 0.5) is 11.4 Å². The summed E-state index contributed by atoms with van der Waals surface area (Å²) in [5.41, 5.74) is 2.44. The van der Waals surface area contributed by atoms with Crippen molar-refractivity contribution in [3.63, 3.8) is 0 Å². The van der Waals surface area contributed by atoms with Crippen LogP contribution in [0.1, 0.15) is 27.0 Å². The average Bonchev–Trinajstić information content (AvgIpc) is 3.68. The van der Waals surface area contributed by atoms with Gasteiger partial charge in [0.15, 0.2) is 0 Å². The molecule has 4 atom stereocenters. The van der Waals surface area contributed by atoms with E-state index < -0.39 is 47.1 Å². The molecule has 3 aromatic carbocycles. The van der Waals surface area contributed by atoms with Crippen molar-refractivity contribution in [3.8, 4) is 0 Å². The maximum atomic E-state index is 14.4. The van der Waals surface area contributed by atoms with Gasteiger partial charge >= 0.3 is 5.97 Å². The first-order valence-electron chi connectivity index (χ1n) is 13.3. The number of halogens is 1. The van der Waals surface area contributed by atoms with Gasteiger partial charge in [0.25, 0.3) is 0 Å². The van der Waals surface area contributed by atoms with Gasteiger partial charge in [-0.2, -0.15) is 0 Å². The number of methoxy groups -OCH3 is 1. The second kappa shape index (κ2) is 9.02. The highest BCUT2D eigenvalue weighted by Gasteiger charge is 2.71. The van der Waals surface area contributed by atoms with Crippen molar-refractivity contribution in [1.29, 1.82) is 0 Å². The van der Waals surface area contributed by atoms with Crippen molar-refractivity contribution >= 4 is 57.6 Å². The fraction of sp³-hybridized carbons (Fsp3) is 0.226. The zero-order chi connectivity index (χ0) is 28.6. The van der Waals surface area contributed by atoms with Crippen molar-refractivity contribution in [2.75, 3.05) is 17.3 Å². The van der Waals surface area contributed by atoms with E-state index in [0.717, 1.165) is 26.9 Å². The van der Waals surface area contributed by atoms with Crippen molar-refractivity contribution in [3.05, 3.63) is 94.1 Å². The summed E-state index contributed by atoms with van der Waals surface area (Å²) in [7, 11) is 1.24. The number of hydrogen-bond acceptors (Lipinski definition) is 6. The van der Waals surface area contributed by atoms with Crippen LogP contribution in [0.15, 0.2) is 66.9 Å². The van der Waals surface area contributed by atoms with Gasteiger partial charge in [-0.05, 0) is 54.8 Å². The lowest BCUT2D eigenvalue weighted by Gasteiger charge is -2.30. The SMILES string of the molecule is COC(=O)c1ccccc1N1C(=O)[C@@H]2[C@H](Cc3c[nH]c4ccccc34)N[C@]3(C(=O)Nc4c(C)cc(Cl)cc43)[C@H]2C1=O. The Morgan fingerprint density at radius 2 is 1.80 bits per heavy atom. The Bertz CT molecular complexity index is 1820. The van der Waals surface area contributed by atoms with Crippen molar-refractivity contribution in [2.24, 2.45) is 11.8 Å². The highest BCUT2D eigenvalue weighted by molar-refractivity contribution is 6.31. The molecule has 3 amide bonds. The van der Waals surface area contributed by atoms with Gasteiger partial charge in [-0.15, -0.1) is 0 Å². The van der Waals surface area contributed by atoms with Crippen molar-refractivity contribution in [2.45, 2.75) is 24.9 Å². The standard InChI is InChI=1S/C31H25ClN4O5/c1-15-11-17(32)13-20-26(15)34-30(40)31(20)25-24(22(35-31)12-16-14-33-21-9-5-3-7-18(16)21)27(37)36(28(25)38)23-10-6-4-8-19(23)29(39)41-2/h3-11,13-14,22,24-25,33,35H,12H2,1-2H3,(H,34,40)/t22-,24+,25+,31-/m0/s1. The maximum Gasteiger partial charge on any atom is 0.339 e. The number of aryl methyl sites for hydroxylation is 1.